The molecule has 2 rings (SSSR count). The van der Waals surface area contributed by atoms with Gasteiger partial charge in [0.05, 0.1) is 0 Å². The van der Waals surface area contributed by atoms with E-state index in [2.05, 4.69) is 21.6 Å². The first kappa shape index (κ1) is 8.94. The van der Waals surface area contributed by atoms with Crippen molar-refractivity contribution in [2.75, 3.05) is 11.9 Å². The summed E-state index contributed by atoms with van der Waals surface area (Å²) < 4.78 is 4.22. The van der Waals surface area contributed by atoms with Crippen LogP contribution in [0.15, 0.2) is 0 Å². The van der Waals surface area contributed by atoms with Crippen LogP contribution >= 0.6 is 11.5 Å². The summed E-state index contributed by atoms with van der Waals surface area (Å²) >= 11 is 1.48. The van der Waals surface area contributed by atoms with Gasteiger partial charge >= 0.3 is 0 Å². The van der Waals surface area contributed by atoms with Crippen molar-refractivity contribution in [1.29, 1.82) is 0 Å². The minimum atomic E-state index is 0.883. The summed E-state index contributed by atoms with van der Waals surface area (Å²) in [6.45, 7) is 3.16. The molecule has 1 saturated carbocycles. The lowest BCUT2D eigenvalue weighted by Crippen LogP contribution is -2.20. The van der Waals surface area contributed by atoms with Gasteiger partial charge in [0.15, 0.2) is 0 Å². The molecule has 72 valence electrons. The fourth-order valence-electron chi connectivity index (χ4n) is 1.40. The van der Waals surface area contributed by atoms with Gasteiger partial charge in [0.1, 0.15) is 5.82 Å². The maximum Gasteiger partial charge on any atom is 0.202 e. The summed E-state index contributed by atoms with van der Waals surface area (Å²) in [5.74, 6) is 1.84. The zero-order chi connectivity index (χ0) is 9.10. The van der Waals surface area contributed by atoms with Crippen LogP contribution in [0.5, 0.6) is 0 Å². The highest BCUT2D eigenvalue weighted by atomic mass is 32.1. The topological polar surface area (TPSA) is 37.8 Å². The molecule has 0 aliphatic heterocycles. The fraction of sp³-hybridized carbons (Fsp3) is 0.778. The molecular formula is C9H15N3S. The number of aryl methyl sites for hydroxylation is 1. The van der Waals surface area contributed by atoms with Crippen molar-refractivity contribution in [3.8, 4) is 0 Å². The Labute approximate surface area is 82.8 Å². The molecule has 0 saturated heterocycles. The molecule has 1 aromatic rings. The lowest BCUT2D eigenvalue weighted by Gasteiger charge is -2.24. The predicted molar refractivity (Wildman–Crippen MR) is 55.1 cm³/mol. The molecular weight excluding hydrogens is 182 g/mol. The SMILES string of the molecule is CCc1nsc(NCC2CCC2)n1. The van der Waals surface area contributed by atoms with Crippen LogP contribution in [0.1, 0.15) is 32.0 Å². The summed E-state index contributed by atoms with van der Waals surface area (Å²) in [5.41, 5.74) is 0. The molecule has 0 spiro atoms. The summed E-state index contributed by atoms with van der Waals surface area (Å²) in [6, 6.07) is 0. The van der Waals surface area contributed by atoms with E-state index in [1.165, 1.54) is 30.8 Å². The second-order valence-electron chi connectivity index (χ2n) is 3.55. The minimum absolute atomic E-state index is 0.883. The van der Waals surface area contributed by atoms with Crippen LogP contribution in [-0.4, -0.2) is 15.9 Å². The number of rotatable bonds is 4. The van der Waals surface area contributed by atoms with Crippen LogP contribution in [0.25, 0.3) is 0 Å². The lowest BCUT2D eigenvalue weighted by molar-refractivity contribution is 0.333. The van der Waals surface area contributed by atoms with Crippen LogP contribution in [0.2, 0.25) is 0 Å². The Morgan fingerprint density at radius 3 is 2.92 bits per heavy atom. The van der Waals surface area contributed by atoms with Crippen LogP contribution in [0.3, 0.4) is 0 Å². The predicted octanol–water partition coefficient (Wildman–Crippen LogP) is 2.31. The van der Waals surface area contributed by atoms with Crippen molar-refractivity contribution in [3.05, 3.63) is 5.82 Å². The first-order chi connectivity index (χ1) is 6.38. The third kappa shape index (κ3) is 2.18. The van der Waals surface area contributed by atoms with E-state index in [1.807, 2.05) is 0 Å². The monoisotopic (exact) mass is 197 g/mol. The molecule has 1 aliphatic rings. The molecule has 4 heteroatoms. The van der Waals surface area contributed by atoms with Gasteiger partial charge in [-0.3, -0.25) is 0 Å². The van der Waals surface area contributed by atoms with Gasteiger partial charge in [0.2, 0.25) is 5.13 Å². The minimum Gasteiger partial charge on any atom is -0.360 e. The molecule has 1 fully saturated rings. The van der Waals surface area contributed by atoms with E-state index in [0.29, 0.717) is 0 Å². The quantitative estimate of drug-likeness (QED) is 0.805. The van der Waals surface area contributed by atoms with Gasteiger partial charge in [-0.25, -0.2) is 4.98 Å². The fourth-order valence-corrected chi connectivity index (χ4v) is 2.05. The maximum atomic E-state index is 4.36. The van der Waals surface area contributed by atoms with E-state index in [0.717, 1.165) is 29.8 Å². The van der Waals surface area contributed by atoms with Crippen LogP contribution in [0.4, 0.5) is 5.13 Å². The van der Waals surface area contributed by atoms with Gasteiger partial charge in [-0.15, -0.1) is 0 Å². The van der Waals surface area contributed by atoms with Crippen LogP contribution < -0.4 is 5.32 Å². The molecule has 13 heavy (non-hydrogen) atoms. The third-order valence-corrected chi connectivity index (χ3v) is 3.26. The summed E-state index contributed by atoms with van der Waals surface area (Å²) in [7, 11) is 0. The first-order valence-electron chi connectivity index (χ1n) is 4.95. The van der Waals surface area contributed by atoms with E-state index in [-0.39, 0.29) is 0 Å². The molecule has 1 aromatic heterocycles. The highest BCUT2D eigenvalue weighted by Gasteiger charge is 2.17. The first-order valence-corrected chi connectivity index (χ1v) is 5.72. The van der Waals surface area contributed by atoms with Crippen molar-refractivity contribution in [2.45, 2.75) is 32.6 Å². The zero-order valence-electron chi connectivity index (χ0n) is 7.92. The molecule has 1 aliphatic carbocycles. The Bertz CT molecular complexity index is 268. The Balaban J connectivity index is 1.79. The average Bonchev–Trinajstić information content (AvgIpc) is 2.49. The molecule has 0 atom stereocenters. The highest BCUT2D eigenvalue weighted by molar-refractivity contribution is 7.09. The Hall–Kier alpha value is -0.640. The van der Waals surface area contributed by atoms with Crippen molar-refractivity contribution in [3.63, 3.8) is 0 Å². The van der Waals surface area contributed by atoms with Gasteiger partial charge in [-0.2, -0.15) is 4.37 Å². The van der Waals surface area contributed by atoms with Crippen molar-refractivity contribution in [2.24, 2.45) is 5.92 Å². The van der Waals surface area contributed by atoms with Crippen molar-refractivity contribution < 1.29 is 0 Å². The van der Waals surface area contributed by atoms with Crippen LogP contribution in [0, 0.1) is 5.92 Å². The van der Waals surface area contributed by atoms with Crippen molar-refractivity contribution in [1.82, 2.24) is 9.36 Å². The number of anilines is 1. The summed E-state index contributed by atoms with van der Waals surface area (Å²) in [4.78, 5) is 4.36. The molecule has 0 unspecified atom stereocenters. The van der Waals surface area contributed by atoms with Crippen LogP contribution in [-0.2, 0) is 6.42 Å². The second-order valence-corrected chi connectivity index (χ2v) is 4.30. The van der Waals surface area contributed by atoms with E-state index in [4.69, 9.17) is 0 Å². The second kappa shape index (κ2) is 4.05. The van der Waals surface area contributed by atoms with E-state index >= 15 is 0 Å². The number of hydrogen-bond acceptors (Lipinski definition) is 4. The molecule has 3 nitrogen and oxygen atoms in total. The van der Waals surface area contributed by atoms with Gasteiger partial charge in [0, 0.05) is 24.5 Å². The highest BCUT2D eigenvalue weighted by Crippen LogP contribution is 2.26. The summed E-state index contributed by atoms with van der Waals surface area (Å²) in [6.07, 6.45) is 5.10. The number of nitrogens with zero attached hydrogens (tertiary/aromatic N) is 2. The van der Waals surface area contributed by atoms with Gasteiger partial charge < -0.3 is 5.32 Å². The lowest BCUT2D eigenvalue weighted by atomic mass is 9.86. The standard InChI is InChI=1S/C9H15N3S/c1-2-8-11-9(13-12-8)10-6-7-4-3-5-7/h7H,2-6H2,1H3,(H,10,11,12). The van der Waals surface area contributed by atoms with Gasteiger partial charge in [-0.1, -0.05) is 13.3 Å². The number of nitrogens with one attached hydrogen (secondary N) is 1. The molecule has 0 radical (unpaired) electrons. The average molecular weight is 197 g/mol. The Kier molecular flexibility index (Phi) is 2.78. The maximum absolute atomic E-state index is 4.36. The zero-order valence-corrected chi connectivity index (χ0v) is 8.73. The van der Waals surface area contributed by atoms with E-state index < -0.39 is 0 Å². The third-order valence-electron chi connectivity index (χ3n) is 2.55. The molecule has 0 amide bonds. The normalized spacial score (nSPS) is 17.0. The molecule has 1 heterocycles. The molecule has 0 aromatic carbocycles. The van der Waals surface area contributed by atoms with Gasteiger partial charge in [-0.05, 0) is 18.8 Å². The molecule has 1 N–H and O–H groups in total. The van der Waals surface area contributed by atoms with Crippen molar-refractivity contribution >= 4 is 16.7 Å². The molecule has 0 bridgehead atoms. The van der Waals surface area contributed by atoms with E-state index in [1.54, 1.807) is 0 Å². The summed E-state index contributed by atoms with van der Waals surface area (Å²) in [5, 5.41) is 4.34. The smallest absolute Gasteiger partial charge is 0.202 e. The Morgan fingerprint density at radius 1 is 1.54 bits per heavy atom. The largest absolute Gasteiger partial charge is 0.360 e. The number of aromatic nitrogens is 2. The number of hydrogen-bond donors (Lipinski definition) is 1. The van der Waals surface area contributed by atoms with Gasteiger partial charge in [0.25, 0.3) is 0 Å². The van der Waals surface area contributed by atoms with E-state index in [9.17, 15) is 0 Å². The Morgan fingerprint density at radius 2 is 2.38 bits per heavy atom.